The predicted octanol–water partition coefficient (Wildman–Crippen LogP) is 3.43. The lowest BCUT2D eigenvalue weighted by molar-refractivity contribution is -0.136. The zero-order chi connectivity index (χ0) is 22.3. The third-order valence-corrected chi connectivity index (χ3v) is 7.05. The molecule has 1 fully saturated rings. The lowest BCUT2D eigenvalue weighted by Gasteiger charge is -2.35. The Morgan fingerprint density at radius 1 is 1.27 bits per heavy atom. The number of carbonyl (C=O) groups is 1. The van der Waals surface area contributed by atoms with Crippen molar-refractivity contribution < 1.29 is 31.5 Å². The number of hydrogen-bond acceptors (Lipinski definition) is 4. The number of nitrogens with one attached hydrogen (secondary N) is 1. The topological polar surface area (TPSA) is 86.7 Å². The molecule has 2 aromatic rings. The van der Waals surface area contributed by atoms with Gasteiger partial charge in [-0.3, -0.25) is 4.79 Å². The zero-order valence-corrected chi connectivity index (χ0v) is 17.3. The number of anilines is 1. The molecule has 1 unspecified atom stereocenters. The van der Waals surface area contributed by atoms with Crippen molar-refractivity contribution in [1.82, 2.24) is 4.31 Å². The first-order chi connectivity index (χ1) is 13.9. The van der Waals surface area contributed by atoms with E-state index in [-0.39, 0.29) is 33.3 Å². The SMILES string of the molecule is Cc1ccc(C(=O)Nc2ccc(F)c(Cl)c2)cc1S(=O)(=O)N1CCC(O)C(F)(F)C1. The number of benzene rings is 2. The number of piperidine rings is 1. The Bertz CT molecular complexity index is 1100. The highest BCUT2D eigenvalue weighted by Gasteiger charge is 2.47. The lowest BCUT2D eigenvalue weighted by Crippen LogP contribution is -2.53. The molecular formula is C19H18ClF3N2O4S. The van der Waals surface area contributed by atoms with Crippen LogP contribution in [0.25, 0.3) is 0 Å². The summed E-state index contributed by atoms with van der Waals surface area (Å²) in [7, 11) is -4.34. The van der Waals surface area contributed by atoms with E-state index in [2.05, 4.69) is 5.32 Å². The summed E-state index contributed by atoms with van der Waals surface area (Å²) in [5, 5.41) is 11.7. The molecule has 2 aromatic carbocycles. The van der Waals surface area contributed by atoms with Crippen LogP contribution < -0.4 is 5.32 Å². The number of alkyl halides is 2. The minimum absolute atomic E-state index is 0.0385. The Labute approximate surface area is 176 Å². The Morgan fingerprint density at radius 3 is 2.60 bits per heavy atom. The molecule has 0 spiro atoms. The summed E-state index contributed by atoms with van der Waals surface area (Å²) in [4.78, 5) is 12.2. The largest absolute Gasteiger partial charge is 0.387 e. The second kappa shape index (κ2) is 8.18. The molecule has 162 valence electrons. The molecule has 0 saturated carbocycles. The van der Waals surface area contributed by atoms with Crippen molar-refractivity contribution in [2.45, 2.75) is 30.3 Å². The highest BCUT2D eigenvalue weighted by atomic mass is 35.5. The van der Waals surface area contributed by atoms with Crippen LogP contribution in [0.2, 0.25) is 5.02 Å². The fraction of sp³-hybridized carbons (Fsp3) is 0.316. The van der Waals surface area contributed by atoms with Gasteiger partial charge in [0, 0.05) is 17.8 Å². The van der Waals surface area contributed by atoms with E-state index >= 15 is 0 Å². The predicted molar refractivity (Wildman–Crippen MR) is 105 cm³/mol. The van der Waals surface area contributed by atoms with Gasteiger partial charge in [0.05, 0.1) is 16.5 Å². The zero-order valence-electron chi connectivity index (χ0n) is 15.7. The van der Waals surface area contributed by atoms with Crippen molar-refractivity contribution in [3.05, 3.63) is 58.4 Å². The van der Waals surface area contributed by atoms with Crippen molar-refractivity contribution in [2.24, 2.45) is 0 Å². The standard InChI is InChI=1S/C19H18ClF3N2O4S/c1-11-2-3-12(18(27)24-13-4-5-15(21)14(20)9-13)8-16(11)30(28,29)25-7-6-17(26)19(22,23)10-25/h2-5,8-9,17,26H,6-7,10H2,1H3,(H,24,27). The van der Waals surface area contributed by atoms with Crippen LogP contribution in [0, 0.1) is 12.7 Å². The monoisotopic (exact) mass is 462 g/mol. The van der Waals surface area contributed by atoms with Crippen LogP contribution >= 0.6 is 11.6 Å². The summed E-state index contributed by atoms with van der Waals surface area (Å²) in [5.74, 6) is -4.92. The van der Waals surface area contributed by atoms with E-state index in [4.69, 9.17) is 11.6 Å². The second-order valence-corrected chi connectivity index (χ2v) is 9.28. The van der Waals surface area contributed by atoms with Gasteiger partial charge in [0.15, 0.2) is 0 Å². The van der Waals surface area contributed by atoms with Gasteiger partial charge in [-0.1, -0.05) is 17.7 Å². The summed E-state index contributed by atoms with van der Waals surface area (Å²) >= 11 is 5.68. The number of amides is 1. The molecule has 30 heavy (non-hydrogen) atoms. The van der Waals surface area contributed by atoms with E-state index in [0.29, 0.717) is 4.31 Å². The molecule has 0 radical (unpaired) electrons. The number of aliphatic hydroxyl groups excluding tert-OH is 1. The average molecular weight is 463 g/mol. The van der Waals surface area contributed by atoms with Crippen molar-refractivity contribution in [3.8, 4) is 0 Å². The van der Waals surface area contributed by atoms with Crippen molar-refractivity contribution in [3.63, 3.8) is 0 Å². The Morgan fingerprint density at radius 2 is 1.97 bits per heavy atom. The molecule has 1 atom stereocenters. The maximum absolute atomic E-state index is 13.8. The molecule has 0 aliphatic carbocycles. The Kier molecular flexibility index (Phi) is 6.15. The van der Waals surface area contributed by atoms with E-state index in [1.165, 1.54) is 31.2 Å². The van der Waals surface area contributed by atoms with Crippen molar-refractivity contribution in [1.29, 1.82) is 0 Å². The number of nitrogens with zero attached hydrogens (tertiary/aromatic N) is 1. The number of aliphatic hydroxyl groups is 1. The Hall–Kier alpha value is -2.14. The first kappa shape index (κ1) is 22.5. The van der Waals surface area contributed by atoms with Gasteiger partial charge in [-0.2, -0.15) is 4.31 Å². The summed E-state index contributed by atoms with van der Waals surface area (Å²) in [6.07, 6.45) is -2.32. The van der Waals surface area contributed by atoms with Gasteiger partial charge in [0.25, 0.3) is 11.8 Å². The molecule has 1 heterocycles. The second-order valence-electron chi connectivity index (χ2n) is 6.97. The number of rotatable bonds is 4. The van der Waals surface area contributed by atoms with Gasteiger partial charge >= 0.3 is 0 Å². The van der Waals surface area contributed by atoms with Gasteiger partial charge in [-0.05, 0) is 49.2 Å². The molecule has 6 nitrogen and oxygen atoms in total. The van der Waals surface area contributed by atoms with Gasteiger partial charge in [0.2, 0.25) is 10.0 Å². The number of sulfonamides is 1. The summed E-state index contributed by atoms with van der Waals surface area (Å²) < 4.78 is 67.4. The first-order valence-corrected chi connectivity index (χ1v) is 10.7. The van der Waals surface area contributed by atoms with Crippen LogP contribution in [0.3, 0.4) is 0 Å². The van der Waals surface area contributed by atoms with Gasteiger partial charge in [-0.25, -0.2) is 21.6 Å². The highest BCUT2D eigenvalue weighted by molar-refractivity contribution is 7.89. The maximum Gasteiger partial charge on any atom is 0.286 e. The van der Waals surface area contributed by atoms with Crippen LogP contribution in [0.4, 0.5) is 18.9 Å². The van der Waals surface area contributed by atoms with E-state index in [1.807, 2.05) is 0 Å². The van der Waals surface area contributed by atoms with Gasteiger partial charge < -0.3 is 10.4 Å². The fourth-order valence-corrected chi connectivity index (χ4v) is 4.94. The smallest absolute Gasteiger partial charge is 0.286 e. The quantitative estimate of drug-likeness (QED) is 0.729. The summed E-state index contributed by atoms with van der Waals surface area (Å²) in [6.45, 7) is 0.0503. The summed E-state index contributed by atoms with van der Waals surface area (Å²) in [5.41, 5.74) is 0.426. The fourth-order valence-electron chi connectivity index (χ4n) is 3.04. The third kappa shape index (κ3) is 4.46. The third-order valence-electron chi connectivity index (χ3n) is 4.77. The van der Waals surface area contributed by atoms with Crippen molar-refractivity contribution >= 4 is 33.2 Å². The Balaban J connectivity index is 1.89. The van der Waals surface area contributed by atoms with Crippen LogP contribution in [0.5, 0.6) is 0 Å². The number of halogens is 4. The van der Waals surface area contributed by atoms with Crippen LogP contribution in [-0.4, -0.2) is 48.9 Å². The molecule has 2 N–H and O–H groups in total. The minimum Gasteiger partial charge on any atom is -0.387 e. The number of carbonyl (C=O) groups excluding carboxylic acids is 1. The number of aryl methyl sites for hydroxylation is 1. The van der Waals surface area contributed by atoms with Gasteiger partial charge in [-0.15, -0.1) is 0 Å². The van der Waals surface area contributed by atoms with E-state index in [0.717, 1.165) is 12.1 Å². The molecule has 3 rings (SSSR count). The molecule has 1 amide bonds. The van der Waals surface area contributed by atoms with E-state index in [9.17, 15) is 31.5 Å². The summed E-state index contributed by atoms with van der Waals surface area (Å²) in [6, 6.07) is 7.40. The minimum atomic E-state index is -4.34. The van der Waals surface area contributed by atoms with Crippen LogP contribution in [0.15, 0.2) is 41.3 Å². The average Bonchev–Trinajstić information content (AvgIpc) is 2.67. The lowest BCUT2D eigenvalue weighted by atomic mass is 10.1. The highest BCUT2D eigenvalue weighted by Crippen LogP contribution is 2.32. The molecule has 1 saturated heterocycles. The molecular weight excluding hydrogens is 445 g/mol. The molecule has 1 aliphatic heterocycles. The van der Waals surface area contributed by atoms with Crippen LogP contribution in [-0.2, 0) is 10.0 Å². The number of hydrogen-bond donors (Lipinski definition) is 2. The van der Waals surface area contributed by atoms with E-state index < -0.39 is 46.7 Å². The van der Waals surface area contributed by atoms with Gasteiger partial charge in [0.1, 0.15) is 11.9 Å². The molecule has 11 heteroatoms. The molecule has 0 aromatic heterocycles. The molecule has 0 bridgehead atoms. The van der Waals surface area contributed by atoms with E-state index in [1.54, 1.807) is 0 Å². The van der Waals surface area contributed by atoms with Crippen molar-refractivity contribution in [2.75, 3.05) is 18.4 Å². The normalized spacial score (nSPS) is 19.5. The maximum atomic E-state index is 13.8. The van der Waals surface area contributed by atoms with Crippen LogP contribution in [0.1, 0.15) is 22.3 Å². The molecule has 1 aliphatic rings. The first-order valence-electron chi connectivity index (χ1n) is 8.85.